The summed E-state index contributed by atoms with van der Waals surface area (Å²) in [6, 6.07) is 7.99. The van der Waals surface area contributed by atoms with Crippen LogP contribution in [0, 0.1) is 11.8 Å². The number of benzene rings is 1. The number of ether oxygens (including phenoxy) is 1. The third-order valence-corrected chi connectivity index (χ3v) is 3.22. The van der Waals surface area contributed by atoms with E-state index in [1.54, 1.807) is 18.9 Å². The van der Waals surface area contributed by atoms with Crippen LogP contribution in [0.15, 0.2) is 24.3 Å². The maximum atomic E-state index is 11.7. The van der Waals surface area contributed by atoms with Crippen LogP contribution in [0.5, 0.6) is 5.75 Å². The minimum Gasteiger partial charge on any atom is -0.497 e. The van der Waals surface area contributed by atoms with Crippen molar-refractivity contribution in [3.05, 3.63) is 24.3 Å². The van der Waals surface area contributed by atoms with Gasteiger partial charge in [-0.1, -0.05) is 12.0 Å². The number of piperazine rings is 1. The van der Waals surface area contributed by atoms with Gasteiger partial charge in [-0.05, 0) is 25.0 Å². The molecule has 0 bridgehead atoms. The summed E-state index contributed by atoms with van der Waals surface area (Å²) in [7, 11) is 1.67. The van der Waals surface area contributed by atoms with Crippen molar-refractivity contribution in [2.45, 2.75) is 6.92 Å². The summed E-state index contributed by atoms with van der Waals surface area (Å²) in [6.07, 6.45) is 0. The van der Waals surface area contributed by atoms with Gasteiger partial charge in [-0.3, -0.25) is 4.79 Å². The average molecular weight is 258 g/mol. The molecule has 1 aromatic carbocycles. The minimum absolute atomic E-state index is 0.0761. The van der Waals surface area contributed by atoms with Crippen molar-refractivity contribution in [2.75, 3.05) is 38.2 Å². The number of rotatable bonds is 2. The van der Waals surface area contributed by atoms with Gasteiger partial charge in [-0.2, -0.15) is 0 Å². The van der Waals surface area contributed by atoms with E-state index in [1.807, 2.05) is 18.2 Å². The molecule has 0 aromatic heterocycles. The topological polar surface area (TPSA) is 32.8 Å². The molecule has 0 spiro atoms. The molecule has 1 heterocycles. The summed E-state index contributed by atoms with van der Waals surface area (Å²) in [4.78, 5) is 15.7. The Morgan fingerprint density at radius 2 is 2.00 bits per heavy atom. The molecule has 1 saturated heterocycles. The van der Waals surface area contributed by atoms with Crippen molar-refractivity contribution in [2.24, 2.45) is 0 Å². The first kappa shape index (κ1) is 13.3. The standard InChI is InChI=1S/C15H18N2O2/c1-3-5-15(18)17-10-8-16(9-11-17)13-6-4-7-14(12-13)19-2/h4,6-7,12H,8-11H2,1-2H3. The number of anilines is 1. The van der Waals surface area contributed by atoms with Crippen LogP contribution in [0.4, 0.5) is 5.69 Å². The first-order valence-electron chi connectivity index (χ1n) is 6.35. The van der Waals surface area contributed by atoms with Gasteiger partial charge in [0, 0.05) is 37.9 Å². The third kappa shape index (κ3) is 3.19. The quantitative estimate of drug-likeness (QED) is 0.751. The summed E-state index contributed by atoms with van der Waals surface area (Å²) in [5.74, 6) is 6.02. The van der Waals surface area contributed by atoms with Gasteiger partial charge in [0.1, 0.15) is 5.75 Å². The Labute approximate surface area is 114 Å². The Morgan fingerprint density at radius 1 is 1.26 bits per heavy atom. The van der Waals surface area contributed by atoms with E-state index >= 15 is 0 Å². The van der Waals surface area contributed by atoms with Crippen LogP contribution in [-0.2, 0) is 4.79 Å². The lowest BCUT2D eigenvalue weighted by molar-refractivity contribution is -0.125. The Morgan fingerprint density at radius 3 is 2.63 bits per heavy atom. The molecule has 2 rings (SSSR count). The van der Waals surface area contributed by atoms with Crippen LogP contribution >= 0.6 is 0 Å². The molecule has 0 aliphatic carbocycles. The molecule has 1 amide bonds. The lowest BCUT2D eigenvalue weighted by Gasteiger charge is -2.35. The van der Waals surface area contributed by atoms with Crippen LogP contribution in [0.3, 0.4) is 0 Å². The highest BCUT2D eigenvalue weighted by atomic mass is 16.5. The summed E-state index contributed by atoms with van der Waals surface area (Å²) in [5.41, 5.74) is 1.13. The Kier molecular flexibility index (Phi) is 4.30. The second-order valence-electron chi connectivity index (χ2n) is 4.36. The predicted molar refractivity (Wildman–Crippen MR) is 75.2 cm³/mol. The predicted octanol–water partition coefficient (Wildman–Crippen LogP) is 1.37. The lowest BCUT2D eigenvalue weighted by Crippen LogP contribution is -2.48. The molecule has 0 radical (unpaired) electrons. The fourth-order valence-corrected chi connectivity index (χ4v) is 2.16. The number of nitrogens with zero attached hydrogens (tertiary/aromatic N) is 2. The zero-order valence-corrected chi connectivity index (χ0v) is 11.3. The zero-order valence-electron chi connectivity index (χ0n) is 11.3. The highest BCUT2D eigenvalue weighted by Gasteiger charge is 2.20. The molecule has 0 saturated carbocycles. The number of hydrogen-bond acceptors (Lipinski definition) is 3. The van der Waals surface area contributed by atoms with Crippen LogP contribution < -0.4 is 9.64 Å². The summed E-state index contributed by atoms with van der Waals surface area (Å²) < 4.78 is 5.23. The highest BCUT2D eigenvalue weighted by molar-refractivity contribution is 5.93. The second kappa shape index (κ2) is 6.14. The Bertz CT molecular complexity index is 508. The fraction of sp³-hybridized carbons (Fsp3) is 0.400. The van der Waals surface area contributed by atoms with Gasteiger partial charge in [0.25, 0.3) is 5.91 Å². The molecule has 4 heteroatoms. The van der Waals surface area contributed by atoms with E-state index in [0.717, 1.165) is 24.5 Å². The first-order valence-corrected chi connectivity index (χ1v) is 6.35. The van der Waals surface area contributed by atoms with Gasteiger partial charge < -0.3 is 14.5 Å². The second-order valence-corrected chi connectivity index (χ2v) is 4.36. The molecule has 19 heavy (non-hydrogen) atoms. The molecule has 100 valence electrons. The van der Waals surface area contributed by atoms with E-state index in [0.29, 0.717) is 13.1 Å². The molecule has 0 atom stereocenters. The zero-order chi connectivity index (χ0) is 13.7. The number of carbonyl (C=O) groups is 1. The van der Waals surface area contributed by atoms with Crippen LogP contribution in [0.2, 0.25) is 0 Å². The van der Waals surface area contributed by atoms with Crippen molar-refractivity contribution in [1.82, 2.24) is 4.90 Å². The Hall–Kier alpha value is -2.15. The first-order chi connectivity index (χ1) is 9.24. The van der Waals surface area contributed by atoms with Gasteiger partial charge in [0.15, 0.2) is 0 Å². The van der Waals surface area contributed by atoms with Gasteiger partial charge in [0.05, 0.1) is 7.11 Å². The normalized spacial score (nSPS) is 14.6. The Balaban J connectivity index is 1.99. The summed E-state index contributed by atoms with van der Waals surface area (Å²) in [5, 5.41) is 0. The highest BCUT2D eigenvalue weighted by Crippen LogP contribution is 2.21. The van der Waals surface area contributed by atoms with Crippen molar-refractivity contribution < 1.29 is 9.53 Å². The van der Waals surface area contributed by atoms with Crippen LogP contribution in [0.25, 0.3) is 0 Å². The third-order valence-electron chi connectivity index (χ3n) is 3.22. The SMILES string of the molecule is CC#CC(=O)N1CCN(c2cccc(OC)c2)CC1. The molecule has 1 aliphatic rings. The largest absolute Gasteiger partial charge is 0.497 e. The van der Waals surface area contributed by atoms with E-state index in [4.69, 9.17) is 4.74 Å². The maximum Gasteiger partial charge on any atom is 0.298 e. The van der Waals surface area contributed by atoms with Crippen molar-refractivity contribution >= 4 is 11.6 Å². The van der Waals surface area contributed by atoms with E-state index in [-0.39, 0.29) is 5.91 Å². The van der Waals surface area contributed by atoms with Crippen molar-refractivity contribution in [1.29, 1.82) is 0 Å². The fourth-order valence-electron chi connectivity index (χ4n) is 2.16. The monoisotopic (exact) mass is 258 g/mol. The van der Waals surface area contributed by atoms with Crippen molar-refractivity contribution in [3.63, 3.8) is 0 Å². The maximum absolute atomic E-state index is 11.7. The number of methoxy groups -OCH3 is 1. The summed E-state index contributed by atoms with van der Waals surface area (Å²) in [6.45, 7) is 4.76. The summed E-state index contributed by atoms with van der Waals surface area (Å²) >= 11 is 0. The number of amides is 1. The molecule has 0 unspecified atom stereocenters. The molecular weight excluding hydrogens is 240 g/mol. The van der Waals surface area contributed by atoms with Crippen LogP contribution in [0.1, 0.15) is 6.92 Å². The molecule has 1 aromatic rings. The van der Waals surface area contributed by atoms with E-state index < -0.39 is 0 Å². The molecule has 4 nitrogen and oxygen atoms in total. The molecule has 0 N–H and O–H groups in total. The smallest absolute Gasteiger partial charge is 0.298 e. The van der Waals surface area contributed by atoms with Gasteiger partial charge in [0.2, 0.25) is 0 Å². The van der Waals surface area contributed by atoms with E-state index in [2.05, 4.69) is 22.8 Å². The number of hydrogen-bond donors (Lipinski definition) is 0. The van der Waals surface area contributed by atoms with Gasteiger partial charge >= 0.3 is 0 Å². The van der Waals surface area contributed by atoms with Crippen LogP contribution in [-0.4, -0.2) is 44.1 Å². The van der Waals surface area contributed by atoms with E-state index in [1.165, 1.54) is 0 Å². The van der Waals surface area contributed by atoms with Gasteiger partial charge in [-0.25, -0.2) is 0 Å². The molecule has 1 fully saturated rings. The molecular formula is C15H18N2O2. The number of carbonyl (C=O) groups excluding carboxylic acids is 1. The van der Waals surface area contributed by atoms with Crippen molar-refractivity contribution in [3.8, 4) is 17.6 Å². The molecule has 1 aliphatic heterocycles. The van der Waals surface area contributed by atoms with E-state index in [9.17, 15) is 4.79 Å². The van der Waals surface area contributed by atoms with Gasteiger partial charge in [-0.15, -0.1) is 0 Å². The minimum atomic E-state index is -0.0761. The average Bonchev–Trinajstić information content (AvgIpc) is 2.48. The lowest BCUT2D eigenvalue weighted by atomic mass is 10.2.